The van der Waals surface area contributed by atoms with Crippen LogP contribution >= 0.6 is 0 Å². The summed E-state index contributed by atoms with van der Waals surface area (Å²) < 4.78 is 7.78. The molecule has 24 heavy (non-hydrogen) atoms. The molecule has 1 aromatic carbocycles. The van der Waals surface area contributed by atoms with Crippen molar-refractivity contribution in [3.05, 3.63) is 54.9 Å². The van der Waals surface area contributed by atoms with Gasteiger partial charge >= 0.3 is 0 Å². The first-order valence-electron chi connectivity index (χ1n) is 8.05. The van der Waals surface area contributed by atoms with Gasteiger partial charge in [-0.05, 0) is 23.6 Å². The van der Waals surface area contributed by atoms with Gasteiger partial charge in [0, 0.05) is 36.9 Å². The summed E-state index contributed by atoms with van der Waals surface area (Å²) in [5.41, 5.74) is 1.08. The Labute approximate surface area is 139 Å². The van der Waals surface area contributed by atoms with Gasteiger partial charge in [0.25, 0.3) is 0 Å². The number of benzene rings is 1. The summed E-state index contributed by atoms with van der Waals surface area (Å²) in [5.74, 6) is 0.620. The zero-order valence-electron chi connectivity index (χ0n) is 13.2. The van der Waals surface area contributed by atoms with E-state index >= 15 is 0 Å². The molecule has 122 valence electrons. The summed E-state index contributed by atoms with van der Waals surface area (Å²) >= 11 is 0. The lowest BCUT2D eigenvalue weighted by molar-refractivity contribution is -0.131. The fraction of sp³-hybridized carbons (Fsp3) is 0.278. The molecule has 3 heterocycles. The third-order valence-electron chi connectivity index (χ3n) is 4.32. The number of hydrogen-bond acceptors (Lipinski definition) is 4. The van der Waals surface area contributed by atoms with Crippen molar-refractivity contribution in [2.75, 3.05) is 13.1 Å². The molecule has 1 aliphatic heterocycles. The summed E-state index contributed by atoms with van der Waals surface area (Å²) in [6, 6.07) is 13.7. The zero-order valence-corrected chi connectivity index (χ0v) is 13.2. The van der Waals surface area contributed by atoms with Gasteiger partial charge in [0.05, 0.1) is 6.54 Å². The minimum absolute atomic E-state index is 0.0212. The maximum atomic E-state index is 12.6. The van der Waals surface area contributed by atoms with Crippen LogP contribution in [0.15, 0.2) is 54.9 Å². The Morgan fingerprint density at radius 1 is 1.21 bits per heavy atom. The van der Waals surface area contributed by atoms with E-state index in [2.05, 4.69) is 16.3 Å². The van der Waals surface area contributed by atoms with Gasteiger partial charge in [-0.1, -0.05) is 18.2 Å². The fourth-order valence-electron chi connectivity index (χ4n) is 3.10. The van der Waals surface area contributed by atoms with E-state index in [0.717, 1.165) is 17.3 Å². The number of carbonyl (C=O) groups excluding carboxylic acids is 1. The van der Waals surface area contributed by atoms with Crippen LogP contribution in [0.3, 0.4) is 0 Å². The number of carbonyl (C=O) groups is 1. The van der Waals surface area contributed by atoms with Gasteiger partial charge in [-0.25, -0.2) is 0 Å². The van der Waals surface area contributed by atoms with Crippen molar-refractivity contribution >= 4 is 16.8 Å². The molecule has 0 saturated carbocycles. The smallest absolute Gasteiger partial charge is 0.242 e. The largest absolute Gasteiger partial charge is 0.471 e. The number of rotatable bonds is 4. The lowest BCUT2D eigenvalue weighted by atomic mass is 10.2. The second-order valence-corrected chi connectivity index (χ2v) is 5.93. The number of nitrogens with zero attached hydrogens (tertiary/aromatic N) is 4. The van der Waals surface area contributed by atoms with Crippen LogP contribution in [-0.4, -0.2) is 44.8 Å². The molecule has 0 aliphatic carbocycles. The van der Waals surface area contributed by atoms with E-state index in [0.29, 0.717) is 25.5 Å². The van der Waals surface area contributed by atoms with Gasteiger partial charge in [-0.15, -0.1) is 5.10 Å². The number of fused-ring (bicyclic) bond motifs is 1. The second-order valence-electron chi connectivity index (χ2n) is 5.93. The molecule has 4 rings (SSSR count). The molecule has 0 bridgehead atoms. The van der Waals surface area contributed by atoms with Crippen LogP contribution in [-0.2, 0) is 11.3 Å². The molecule has 2 aromatic heterocycles. The van der Waals surface area contributed by atoms with Crippen molar-refractivity contribution in [3.8, 4) is 5.88 Å². The van der Waals surface area contributed by atoms with Crippen LogP contribution < -0.4 is 4.74 Å². The van der Waals surface area contributed by atoms with Crippen molar-refractivity contribution in [2.24, 2.45) is 0 Å². The molecular weight excluding hydrogens is 304 g/mol. The van der Waals surface area contributed by atoms with Crippen LogP contribution in [0.25, 0.3) is 10.9 Å². The van der Waals surface area contributed by atoms with E-state index in [4.69, 9.17) is 4.74 Å². The van der Waals surface area contributed by atoms with Crippen molar-refractivity contribution in [1.82, 2.24) is 19.7 Å². The van der Waals surface area contributed by atoms with Crippen LogP contribution in [0.2, 0.25) is 0 Å². The molecule has 6 nitrogen and oxygen atoms in total. The highest BCUT2D eigenvalue weighted by molar-refractivity contribution is 5.83. The summed E-state index contributed by atoms with van der Waals surface area (Å²) in [6.45, 7) is 1.66. The first-order valence-corrected chi connectivity index (χ1v) is 8.05. The molecule has 1 fully saturated rings. The summed E-state index contributed by atoms with van der Waals surface area (Å²) in [7, 11) is 0. The SMILES string of the molecule is O=C(Cn1ccc2ccccc21)N1CC[C@H](Oc2cccnn2)C1. The molecule has 3 aromatic rings. The van der Waals surface area contributed by atoms with Crippen LogP contribution in [0.1, 0.15) is 6.42 Å². The Hall–Kier alpha value is -2.89. The van der Waals surface area contributed by atoms with Crippen molar-refractivity contribution in [2.45, 2.75) is 19.1 Å². The lowest BCUT2D eigenvalue weighted by Crippen LogP contribution is -2.33. The number of amides is 1. The Morgan fingerprint density at radius 3 is 3.00 bits per heavy atom. The third-order valence-corrected chi connectivity index (χ3v) is 4.32. The minimum Gasteiger partial charge on any atom is -0.471 e. The fourth-order valence-corrected chi connectivity index (χ4v) is 3.10. The third kappa shape index (κ3) is 2.95. The number of ether oxygens (including phenoxy) is 1. The highest BCUT2D eigenvalue weighted by atomic mass is 16.5. The Kier molecular flexibility index (Phi) is 3.86. The normalized spacial score (nSPS) is 17.3. The van der Waals surface area contributed by atoms with Crippen LogP contribution in [0.5, 0.6) is 5.88 Å². The number of aromatic nitrogens is 3. The van der Waals surface area contributed by atoms with Gasteiger partial charge in [-0.3, -0.25) is 4.79 Å². The first-order chi connectivity index (χ1) is 11.8. The summed E-state index contributed by atoms with van der Waals surface area (Å²) in [5, 5.41) is 8.88. The molecule has 0 unspecified atom stereocenters. The van der Waals surface area contributed by atoms with Gasteiger partial charge in [0.2, 0.25) is 11.8 Å². The van der Waals surface area contributed by atoms with E-state index in [9.17, 15) is 4.79 Å². The monoisotopic (exact) mass is 322 g/mol. The van der Waals surface area contributed by atoms with E-state index < -0.39 is 0 Å². The molecular formula is C18H18N4O2. The Bertz CT molecular complexity index is 846. The van der Waals surface area contributed by atoms with Gasteiger partial charge < -0.3 is 14.2 Å². The average molecular weight is 322 g/mol. The molecule has 6 heteroatoms. The topological polar surface area (TPSA) is 60.2 Å². The molecule has 1 aliphatic rings. The van der Waals surface area contributed by atoms with E-state index in [1.807, 2.05) is 39.9 Å². The zero-order chi connectivity index (χ0) is 16.4. The van der Waals surface area contributed by atoms with E-state index in [1.54, 1.807) is 18.3 Å². The van der Waals surface area contributed by atoms with Gasteiger partial charge in [0.1, 0.15) is 12.6 Å². The molecule has 0 spiro atoms. The van der Waals surface area contributed by atoms with E-state index in [1.165, 1.54) is 0 Å². The maximum Gasteiger partial charge on any atom is 0.242 e. The maximum absolute atomic E-state index is 12.6. The molecule has 1 amide bonds. The average Bonchev–Trinajstić information content (AvgIpc) is 3.24. The van der Waals surface area contributed by atoms with Crippen LogP contribution in [0, 0.1) is 0 Å². The van der Waals surface area contributed by atoms with Crippen molar-refractivity contribution < 1.29 is 9.53 Å². The lowest BCUT2D eigenvalue weighted by Gasteiger charge is -2.17. The van der Waals surface area contributed by atoms with Crippen LogP contribution in [0.4, 0.5) is 0 Å². The first kappa shape index (κ1) is 14.7. The Morgan fingerprint density at radius 2 is 2.12 bits per heavy atom. The second kappa shape index (κ2) is 6.31. The van der Waals surface area contributed by atoms with Gasteiger partial charge in [0.15, 0.2) is 0 Å². The standard InChI is InChI=1S/C18H18N4O2/c23-18(13-21-10-7-14-4-1-2-5-16(14)21)22-11-8-15(12-22)24-17-6-3-9-19-20-17/h1-7,9-10,15H,8,11-13H2/t15-/m0/s1. The highest BCUT2D eigenvalue weighted by Gasteiger charge is 2.28. The number of para-hydroxylation sites is 1. The van der Waals surface area contributed by atoms with E-state index in [-0.39, 0.29) is 12.0 Å². The highest BCUT2D eigenvalue weighted by Crippen LogP contribution is 2.18. The van der Waals surface area contributed by atoms with Crippen molar-refractivity contribution in [3.63, 3.8) is 0 Å². The molecule has 1 saturated heterocycles. The Balaban J connectivity index is 1.39. The minimum atomic E-state index is -0.0212. The quantitative estimate of drug-likeness (QED) is 0.738. The molecule has 0 radical (unpaired) electrons. The summed E-state index contributed by atoms with van der Waals surface area (Å²) in [4.78, 5) is 14.4. The number of hydrogen-bond donors (Lipinski definition) is 0. The predicted octanol–water partition coefficient (Wildman–Crippen LogP) is 2.11. The molecule has 0 N–H and O–H groups in total. The van der Waals surface area contributed by atoms with Gasteiger partial charge in [-0.2, -0.15) is 5.10 Å². The summed E-state index contributed by atoms with van der Waals surface area (Å²) in [6.07, 6.45) is 4.37. The number of likely N-dealkylation sites (tertiary alicyclic amines) is 1. The van der Waals surface area contributed by atoms with Crippen molar-refractivity contribution in [1.29, 1.82) is 0 Å². The molecule has 1 atom stereocenters. The predicted molar refractivity (Wildman–Crippen MR) is 89.6 cm³/mol.